The Labute approximate surface area is 146 Å². The number of carbonyl (C=O) groups excluding carboxylic acids is 1. The van der Waals surface area contributed by atoms with Gasteiger partial charge < -0.3 is 9.64 Å². The first-order valence-corrected chi connectivity index (χ1v) is 8.47. The number of amides is 1. The topological polar surface area (TPSA) is 29.5 Å². The minimum Gasteiger partial charge on any atom is -0.494 e. The molecule has 0 aromatic heterocycles. The van der Waals surface area contributed by atoms with Gasteiger partial charge in [0.1, 0.15) is 5.82 Å². The number of likely N-dealkylation sites (tertiary alicyclic amines) is 1. The summed E-state index contributed by atoms with van der Waals surface area (Å²) in [5.41, 5.74) is 1.35. The Bertz CT molecular complexity index is 746. The van der Waals surface area contributed by atoms with E-state index in [2.05, 4.69) is 0 Å². The molecule has 5 heteroatoms. The number of benzene rings is 2. The predicted molar refractivity (Wildman–Crippen MR) is 91.8 cm³/mol. The monoisotopic (exact) mass is 345 g/mol. The average molecular weight is 345 g/mol. The minimum atomic E-state index is -0.543. The second kappa shape index (κ2) is 7.64. The van der Waals surface area contributed by atoms with Crippen LogP contribution in [0.15, 0.2) is 42.5 Å². The third-order valence-electron chi connectivity index (χ3n) is 4.70. The van der Waals surface area contributed by atoms with Crippen molar-refractivity contribution < 1.29 is 18.3 Å². The molecular weight excluding hydrogens is 324 g/mol. The largest absolute Gasteiger partial charge is 0.494 e. The lowest BCUT2D eigenvalue weighted by Crippen LogP contribution is -2.34. The number of carbonyl (C=O) groups is 1. The van der Waals surface area contributed by atoms with Crippen LogP contribution in [0.25, 0.3) is 0 Å². The Morgan fingerprint density at radius 2 is 1.88 bits per heavy atom. The van der Waals surface area contributed by atoms with Gasteiger partial charge in [-0.15, -0.1) is 0 Å². The molecule has 0 saturated carbocycles. The van der Waals surface area contributed by atoms with Crippen LogP contribution in [-0.2, 0) is 0 Å². The van der Waals surface area contributed by atoms with E-state index in [9.17, 15) is 13.6 Å². The Morgan fingerprint density at radius 1 is 1.12 bits per heavy atom. The Hall–Kier alpha value is -2.43. The van der Waals surface area contributed by atoms with Gasteiger partial charge in [0, 0.05) is 24.6 Å². The molecule has 0 N–H and O–H groups in total. The Kier molecular flexibility index (Phi) is 5.31. The first kappa shape index (κ1) is 17.4. The van der Waals surface area contributed by atoms with Gasteiger partial charge in [-0.3, -0.25) is 4.79 Å². The van der Waals surface area contributed by atoms with E-state index in [1.165, 1.54) is 31.4 Å². The molecule has 1 aliphatic heterocycles. The number of halogens is 2. The van der Waals surface area contributed by atoms with E-state index < -0.39 is 5.82 Å². The normalized spacial score (nSPS) is 17.9. The van der Waals surface area contributed by atoms with Gasteiger partial charge in [-0.1, -0.05) is 18.6 Å². The lowest BCUT2D eigenvalue weighted by atomic mass is 9.94. The molecule has 1 aliphatic rings. The fourth-order valence-corrected chi connectivity index (χ4v) is 3.32. The smallest absolute Gasteiger partial charge is 0.253 e. The molecule has 1 unspecified atom stereocenters. The van der Waals surface area contributed by atoms with Gasteiger partial charge in [0.15, 0.2) is 11.6 Å². The number of methoxy groups -OCH3 is 1. The number of rotatable bonds is 3. The molecule has 1 fully saturated rings. The van der Waals surface area contributed by atoms with Crippen molar-refractivity contribution in [1.82, 2.24) is 4.90 Å². The van der Waals surface area contributed by atoms with Gasteiger partial charge in [-0.2, -0.15) is 0 Å². The highest BCUT2D eigenvalue weighted by molar-refractivity contribution is 5.94. The fourth-order valence-electron chi connectivity index (χ4n) is 3.32. The Morgan fingerprint density at radius 3 is 2.56 bits per heavy atom. The molecule has 2 aromatic rings. The fraction of sp³-hybridized carbons (Fsp3) is 0.350. The third kappa shape index (κ3) is 3.98. The van der Waals surface area contributed by atoms with Crippen LogP contribution in [0.4, 0.5) is 8.78 Å². The summed E-state index contributed by atoms with van der Waals surface area (Å²) in [4.78, 5) is 14.6. The zero-order valence-electron chi connectivity index (χ0n) is 14.2. The maximum absolute atomic E-state index is 13.9. The Balaban J connectivity index is 1.79. The molecular formula is C20H21F2NO2. The second-order valence-corrected chi connectivity index (χ2v) is 6.34. The van der Waals surface area contributed by atoms with Crippen molar-refractivity contribution in [2.24, 2.45) is 0 Å². The van der Waals surface area contributed by atoms with Crippen molar-refractivity contribution in [3.63, 3.8) is 0 Å². The van der Waals surface area contributed by atoms with Crippen molar-refractivity contribution in [3.05, 3.63) is 65.2 Å². The van der Waals surface area contributed by atoms with E-state index in [1.807, 2.05) is 0 Å². The quantitative estimate of drug-likeness (QED) is 0.826. The molecule has 3 nitrogen and oxygen atoms in total. The van der Waals surface area contributed by atoms with Crippen molar-refractivity contribution >= 4 is 5.91 Å². The summed E-state index contributed by atoms with van der Waals surface area (Å²) in [6.07, 6.45) is 2.86. The third-order valence-corrected chi connectivity index (χ3v) is 4.70. The maximum atomic E-state index is 13.9. The summed E-state index contributed by atoms with van der Waals surface area (Å²) >= 11 is 0. The predicted octanol–water partition coefficient (Wildman–Crippen LogP) is 4.38. The summed E-state index contributed by atoms with van der Waals surface area (Å²) in [6.45, 7) is 1.20. The lowest BCUT2D eigenvalue weighted by molar-refractivity contribution is 0.0754. The van der Waals surface area contributed by atoms with Crippen LogP contribution in [0.2, 0.25) is 0 Å². The standard InChI is InChI=1S/C20H21F2NO2/c1-25-19-10-7-15(12-18(19)22)20(24)23-11-3-2-4-16(13-23)14-5-8-17(21)9-6-14/h5-10,12,16H,2-4,11,13H2,1H3. The number of hydrogen-bond donors (Lipinski definition) is 0. The molecule has 132 valence electrons. The van der Waals surface area contributed by atoms with Gasteiger partial charge in [0.05, 0.1) is 7.11 Å². The molecule has 0 radical (unpaired) electrons. The zero-order chi connectivity index (χ0) is 17.8. The summed E-state index contributed by atoms with van der Waals surface area (Å²) < 4.78 is 32.0. The lowest BCUT2D eigenvalue weighted by Gasteiger charge is -2.25. The molecule has 2 aromatic carbocycles. The van der Waals surface area contributed by atoms with Crippen molar-refractivity contribution in [1.29, 1.82) is 0 Å². The maximum Gasteiger partial charge on any atom is 0.253 e. The molecule has 0 aliphatic carbocycles. The summed E-state index contributed by atoms with van der Waals surface area (Å²) in [6, 6.07) is 10.7. The van der Waals surface area contributed by atoms with Crippen LogP contribution >= 0.6 is 0 Å². The number of nitrogens with zero attached hydrogens (tertiary/aromatic N) is 1. The molecule has 3 rings (SSSR count). The van der Waals surface area contributed by atoms with E-state index in [0.717, 1.165) is 24.8 Å². The van der Waals surface area contributed by atoms with Crippen molar-refractivity contribution in [2.45, 2.75) is 25.2 Å². The highest BCUT2D eigenvalue weighted by Gasteiger charge is 2.24. The molecule has 1 heterocycles. The van der Waals surface area contributed by atoms with Crippen LogP contribution in [-0.4, -0.2) is 31.0 Å². The SMILES string of the molecule is COc1ccc(C(=O)N2CCCCC(c3ccc(F)cc3)C2)cc1F. The van der Waals surface area contributed by atoms with Gasteiger partial charge >= 0.3 is 0 Å². The van der Waals surface area contributed by atoms with Crippen LogP contribution in [0.5, 0.6) is 5.75 Å². The van der Waals surface area contributed by atoms with Crippen molar-refractivity contribution in [3.8, 4) is 5.75 Å². The van der Waals surface area contributed by atoms with Gasteiger partial charge in [0.25, 0.3) is 5.91 Å². The van der Waals surface area contributed by atoms with Crippen LogP contribution in [0.3, 0.4) is 0 Å². The molecule has 0 bridgehead atoms. The molecule has 25 heavy (non-hydrogen) atoms. The first-order valence-electron chi connectivity index (χ1n) is 8.47. The van der Waals surface area contributed by atoms with Crippen LogP contribution in [0.1, 0.15) is 41.1 Å². The summed E-state index contributed by atoms with van der Waals surface area (Å²) in [7, 11) is 1.39. The zero-order valence-corrected chi connectivity index (χ0v) is 14.2. The summed E-state index contributed by atoms with van der Waals surface area (Å²) in [5, 5.41) is 0. The van der Waals surface area contributed by atoms with Crippen LogP contribution < -0.4 is 4.74 Å². The van der Waals surface area contributed by atoms with E-state index in [4.69, 9.17) is 4.74 Å². The molecule has 1 atom stereocenters. The van der Waals surface area contributed by atoms with Crippen LogP contribution in [0, 0.1) is 11.6 Å². The highest BCUT2D eigenvalue weighted by atomic mass is 19.1. The minimum absolute atomic E-state index is 0.122. The second-order valence-electron chi connectivity index (χ2n) is 6.34. The number of hydrogen-bond acceptors (Lipinski definition) is 2. The highest BCUT2D eigenvalue weighted by Crippen LogP contribution is 2.28. The van der Waals surface area contributed by atoms with E-state index in [-0.39, 0.29) is 23.4 Å². The van der Waals surface area contributed by atoms with Crippen molar-refractivity contribution in [2.75, 3.05) is 20.2 Å². The van der Waals surface area contributed by atoms with E-state index in [0.29, 0.717) is 18.7 Å². The molecule has 0 spiro atoms. The average Bonchev–Trinajstić information content (AvgIpc) is 2.88. The van der Waals surface area contributed by atoms with Gasteiger partial charge in [0.2, 0.25) is 0 Å². The van der Waals surface area contributed by atoms with Gasteiger partial charge in [-0.25, -0.2) is 8.78 Å². The number of ether oxygens (including phenoxy) is 1. The molecule has 1 amide bonds. The van der Waals surface area contributed by atoms with E-state index in [1.54, 1.807) is 23.1 Å². The summed E-state index contributed by atoms with van der Waals surface area (Å²) in [5.74, 6) is -0.709. The van der Waals surface area contributed by atoms with Gasteiger partial charge in [-0.05, 0) is 48.7 Å². The first-order chi connectivity index (χ1) is 12.1. The molecule has 1 saturated heterocycles. The van der Waals surface area contributed by atoms with E-state index >= 15 is 0 Å².